The molecule has 5 aliphatic rings. The van der Waals surface area contributed by atoms with Crippen LogP contribution in [0, 0.1) is 28.6 Å². The Morgan fingerprint density at radius 3 is 2.62 bits per heavy atom. The van der Waals surface area contributed by atoms with E-state index in [9.17, 15) is 24.9 Å². The standard InChI is InChI=1S/C25H37NO6/c1-23-13-21(29)20(28)12-18(23)19(27)11-17-15(23)3-5-24(2)16(4-6-25(17,24)31)22(30)14-26-7-9-32-10-8-26/h3,16-18,20-21,28-29,31H,4-14H2,1-2H3. The topological polar surface area (TPSA) is 107 Å². The molecule has 8 unspecified atom stereocenters. The summed E-state index contributed by atoms with van der Waals surface area (Å²) in [7, 11) is 0. The van der Waals surface area contributed by atoms with Gasteiger partial charge in [-0.1, -0.05) is 25.5 Å². The predicted molar refractivity (Wildman–Crippen MR) is 117 cm³/mol. The Kier molecular flexibility index (Phi) is 5.45. The molecule has 5 rings (SSSR count). The van der Waals surface area contributed by atoms with E-state index in [2.05, 4.69) is 11.0 Å². The lowest BCUT2D eigenvalue weighted by Gasteiger charge is -2.59. The molecule has 0 radical (unpaired) electrons. The molecule has 0 aromatic carbocycles. The summed E-state index contributed by atoms with van der Waals surface area (Å²) >= 11 is 0. The van der Waals surface area contributed by atoms with Gasteiger partial charge in [0, 0.05) is 48.1 Å². The zero-order valence-electron chi connectivity index (χ0n) is 19.3. The number of carbonyl (C=O) groups is 2. The van der Waals surface area contributed by atoms with E-state index in [0.29, 0.717) is 45.4 Å². The number of allylic oxidation sites excluding steroid dienone is 1. The molecule has 3 saturated carbocycles. The van der Waals surface area contributed by atoms with E-state index in [1.807, 2.05) is 13.8 Å². The quantitative estimate of drug-likeness (QED) is 0.556. The van der Waals surface area contributed by atoms with Gasteiger partial charge in [-0.2, -0.15) is 0 Å². The number of fused-ring (bicyclic) bond motifs is 5. The van der Waals surface area contributed by atoms with Crippen molar-refractivity contribution in [1.82, 2.24) is 4.90 Å². The minimum absolute atomic E-state index is 0.0707. The van der Waals surface area contributed by atoms with Gasteiger partial charge in [0.15, 0.2) is 5.78 Å². The smallest absolute Gasteiger partial charge is 0.150 e. The van der Waals surface area contributed by atoms with Crippen LogP contribution in [0.15, 0.2) is 11.6 Å². The van der Waals surface area contributed by atoms with Crippen LogP contribution in [-0.4, -0.2) is 82.4 Å². The lowest BCUT2D eigenvalue weighted by molar-refractivity contribution is -0.162. The number of ketones is 2. The van der Waals surface area contributed by atoms with Crippen LogP contribution in [0.25, 0.3) is 0 Å². The first-order chi connectivity index (χ1) is 15.1. The molecule has 1 heterocycles. The first-order valence-corrected chi connectivity index (χ1v) is 12.2. The molecule has 0 aromatic heterocycles. The minimum Gasteiger partial charge on any atom is -0.390 e. The first-order valence-electron chi connectivity index (χ1n) is 12.2. The number of hydrogen-bond acceptors (Lipinski definition) is 7. The summed E-state index contributed by atoms with van der Waals surface area (Å²) in [6.07, 6.45) is 3.06. The van der Waals surface area contributed by atoms with Crippen molar-refractivity contribution < 1.29 is 29.6 Å². The maximum absolute atomic E-state index is 13.4. The molecule has 1 saturated heterocycles. The average molecular weight is 448 g/mol. The molecule has 7 nitrogen and oxygen atoms in total. The van der Waals surface area contributed by atoms with E-state index >= 15 is 0 Å². The van der Waals surface area contributed by atoms with Gasteiger partial charge in [0.1, 0.15) is 5.78 Å². The third kappa shape index (κ3) is 3.12. The molecule has 4 fully saturated rings. The summed E-state index contributed by atoms with van der Waals surface area (Å²) in [6.45, 7) is 7.26. The van der Waals surface area contributed by atoms with E-state index in [4.69, 9.17) is 4.74 Å². The van der Waals surface area contributed by atoms with Gasteiger partial charge >= 0.3 is 0 Å². The van der Waals surface area contributed by atoms with Crippen LogP contribution in [0.4, 0.5) is 0 Å². The zero-order valence-corrected chi connectivity index (χ0v) is 19.3. The van der Waals surface area contributed by atoms with E-state index in [0.717, 1.165) is 18.7 Å². The van der Waals surface area contributed by atoms with Gasteiger partial charge in [-0.25, -0.2) is 0 Å². The lowest BCUT2D eigenvalue weighted by Crippen LogP contribution is -2.61. The molecule has 1 aliphatic heterocycles. The third-order valence-corrected chi connectivity index (χ3v) is 9.92. The maximum Gasteiger partial charge on any atom is 0.150 e. The summed E-state index contributed by atoms with van der Waals surface area (Å²) in [4.78, 5) is 28.7. The Labute approximate surface area is 189 Å². The summed E-state index contributed by atoms with van der Waals surface area (Å²) in [5, 5.41) is 32.8. The fourth-order valence-electron chi connectivity index (χ4n) is 7.92. The summed E-state index contributed by atoms with van der Waals surface area (Å²) < 4.78 is 5.40. The van der Waals surface area contributed by atoms with E-state index < -0.39 is 28.6 Å². The lowest BCUT2D eigenvalue weighted by atomic mass is 9.46. The van der Waals surface area contributed by atoms with Crippen molar-refractivity contribution in [2.75, 3.05) is 32.8 Å². The number of ether oxygens (including phenoxy) is 1. The van der Waals surface area contributed by atoms with Crippen molar-refractivity contribution in [2.24, 2.45) is 28.6 Å². The summed E-state index contributed by atoms with van der Waals surface area (Å²) in [5.74, 6) is -0.617. The Balaban J connectivity index is 1.44. The summed E-state index contributed by atoms with van der Waals surface area (Å²) in [5.41, 5.74) is -1.19. The SMILES string of the molecule is CC12CC(O)C(O)CC1C(=O)CC1C2=CCC2(C)C(C(=O)CN3CCOCC3)CCC12O. The van der Waals surface area contributed by atoms with Gasteiger partial charge < -0.3 is 20.1 Å². The molecule has 32 heavy (non-hydrogen) atoms. The van der Waals surface area contributed by atoms with Crippen LogP contribution in [0.1, 0.15) is 52.4 Å². The Morgan fingerprint density at radius 1 is 1.19 bits per heavy atom. The number of rotatable bonds is 3. The van der Waals surface area contributed by atoms with Gasteiger partial charge in [-0.05, 0) is 32.1 Å². The highest BCUT2D eigenvalue weighted by molar-refractivity contribution is 5.86. The summed E-state index contributed by atoms with van der Waals surface area (Å²) in [6, 6.07) is 0. The van der Waals surface area contributed by atoms with Crippen LogP contribution in [-0.2, 0) is 14.3 Å². The minimum atomic E-state index is -1.10. The zero-order chi connectivity index (χ0) is 22.9. The second kappa shape index (κ2) is 7.70. The van der Waals surface area contributed by atoms with Crippen molar-refractivity contribution in [3.8, 4) is 0 Å². The highest BCUT2D eigenvalue weighted by atomic mass is 16.5. The second-order valence-corrected chi connectivity index (χ2v) is 11.4. The highest BCUT2D eigenvalue weighted by Gasteiger charge is 2.67. The predicted octanol–water partition coefficient (Wildman–Crippen LogP) is 1.09. The van der Waals surface area contributed by atoms with Crippen molar-refractivity contribution >= 4 is 11.6 Å². The van der Waals surface area contributed by atoms with Crippen molar-refractivity contribution in [1.29, 1.82) is 0 Å². The number of nitrogens with zero attached hydrogens (tertiary/aromatic N) is 1. The molecule has 0 spiro atoms. The van der Waals surface area contributed by atoms with Crippen LogP contribution < -0.4 is 0 Å². The number of aliphatic hydroxyl groups is 3. The fourth-order valence-corrected chi connectivity index (χ4v) is 7.92. The maximum atomic E-state index is 13.4. The fraction of sp³-hybridized carbons (Fsp3) is 0.840. The molecule has 7 heteroatoms. The van der Waals surface area contributed by atoms with Crippen LogP contribution in [0.5, 0.6) is 0 Å². The van der Waals surface area contributed by atoms with Crippen molar-refractivity contribution in [3.63, 3.8) is 0 Å². The Morgan fingerprint density at radius 2 is 1.91 bits per heavy atom. The van der Waals surface area contributed by atoms with Gasteiger partial charge in [0.2, 0.25) is 0 Å². The number of morpholine rings is 1. The van der Waals surface area contributed by atoms with Crippen LogP contribution in [0.2, 0.25) is 0 Å². The molecule has 0 bridgehead atoms. The van der Waals surface area contributed by atoms with Crippen molar-refractivity contribution in [3.05, 3.63) is 11.6 Å². The van der Waals surface area contributed by atoms with E-state index in [1.165, 1.54) is 0 Å². The van der Waals surface area contributed by atoms with Crippen molar-refractivity contribution in [2.45, 2.75) is 70.2 Å². The Bertz CT molecular complexity index is 836. The molecule has 3 N–H and O–H groups in total. The molecule has 178 valence electrons. The second-order valence-electron chi connectivity index (χ2n) is 11.4. The molecular formula is C25H37NO6. The number of carbonyl (C=O) groups excluding carboxylic acids is 2. The van der Waals surface area contributed by atoms with Crippen LogP contribution >= 0.6 is 0 Å². The number of hydrogen-bond donors (Lipinski definition) is 3. The molecule has 4 aliphatic carbocycles. The highest BCUT2D eigenvalue weighted by Crippen LogP contribution is 2.66. The van der Waals surface area contributed by atoms with E-state index in [1.54, 1.807) is 0 Å². The van der Waals surface area contributed by atoms with Crippen LogP contribution in [0.3, 0.4) is 0 Å². The Hall–Kier alpha value is -1.12. The van der Waals surface area contributed by atoms with Gasteiger partial charge in [-0.3, -0.25) is 14.5 Å². The number of Topliss-reactive ketones (excluding diaryl/α,β-unsaturated/α-hetero) is 2. The normalized spacial score (nSPS) is 49.1. The molecule has 8 atom stereocenters. The molecule has 0 amide bonds. The largest absolute Gasteiger partial charge is 0.390 e. The number of aliphatic hydroxyl groups excluding tert-OH is 2. The van der Waals surface area contributed by atoms with E-state index in [-0.39, 0.29) is 42.2 Å². The third-order valence-electron chi connectivity index (χ3n) is 9.92. The monoisotopic (exact) mass is 447 g/mol. The van der Waals surface area contributed by atoms with Gasteiger partial charge in [0.05, 0.1) is 37.6 Å². The van der Waals surface area contributed by atoms with Gasteiger partial charge in [-0.15, -0.1) is 0 Å². The molecular weight excluding hydrogens is 410 g/mol. The average Bonchev–Trinajstić information content (AvgIpc) is 3.03. The first kappa shape index (κ1) is 22.7. The molecule has 0 aromatic rings. The van der Waals surface area contributed by atoms with Gasteiger partial charge in [0.25, 0.3) is 0 Å².